The summed E-state index contributed by atoms with van der Waals surface area (Å²) in [5.41, 5.74) is 3.27. The second kappa shape index (κ2) is 7.28. The van der Waals surface area contributed by atoms with Gasteiger partial charge in [-0.2, -0.15) is 0 Å². The van der Waals surface area contributed by atoms with Crippen molar-refractivity contribution in [3.8, 4) is 0 Å². The fraction of sp³-hybridized carbons (Fsp3) is 0.200. The predicted molar refractivity (Wildman–Crippen MR) is 110 cm³/mol. The van der Waals surface area contributed by atoms with Crippen LogP contribution in [0.3, 0.4) is 0 Å². The smallest absolute Gasteiger partial charge is 0.281 e. The summed E-state index contributed by atoms with van der Waals surface area (Å²) in [4.78, 5) is 24.9. The molecule has 1 heterocycles. The topological polar surface area (TPSA) is 75.5 Å². The summed E-state index contributed by atoms with van der Waals surface area (Å²) < 4.78 is 0. The van der Waals surface area contributed by atoms with Gasteiger partial charge in [-0.1, -0.05) is 38.1 Å². The SMILES string of the molecule is Cc1ccc(/C=C2/NC(=S)N(c3ccc(C(C)C)cc3)C2=O)cc1[N+](=O)[O-]. The van der Waals surface area contributed by atoms with Gasteiger partial charge in [-0.05, 0) is 54.4 Å². The maximum absolute atomic E-state index is 12.8. The van der Waals surface area contributed by atoms with Gasteiger partial charge in [0.2, 0.25) is 0 Å². The molecular formula is C20H19N3O3S. The third-order valence-corrected chi connectivity index (χ3v) is 4.72. The maximum Gasteiger partial charge on any atom is 0.281 e. The summed E-state index contributed by atoms with van der Waals surface area (Å²) in [6.07, 6.45) is 1.57. The van der Waals surface area contributed by atoms with E-state index in [0.717, 1.165) is 0 Å². The molecule has 1 amide bonds. The summed E-state index contributed by atoms with van der Waals surface area (Å²) in [7, 11) is 0. The highest BCUT2D eigenvalue weighted by atomic mass is 32.1. The lowest BCUT2D eigenvalue weighted by molar-refractivity contribution is -0.385. The van der Waals surface area contributed by atoms with Gasteiger partial charge in [-0.25, -0.2) is 0 Å². The minimum Gasteiger partial charge on any atom is -0.327 e. The molecule has 2 aromatic carbocycles. The molecule has 2 aromatic rings. The number of hydrogen-bond donors (Lipinski definition) is 1. The fourth-order valence-electron chi connectivity index (χ4n) is 2.86. The Morgan fingerprint density at radius 3 is 2.44 bits per heavy atom. The van der Waals surface area contributed by atoms with Gasteiger partial charge in [-0.15, -0.1) is 0 Å². The van der Waals surface area contributed by atoms with Crippen molar-refractivity contribution < 1.29 is 9.72 Å². The Kier molecular flexibility index (Phi) is 5.05. The molecule has 1 N–H and O–H groups in total. The minimum atomic E-state index is -0.436. The molecule has 0 atom stereocenters. The Morgan fingerprint density at radius 2 is 1.85 bits per heavy atom. The van der Waals surface area contributed by atoms with Crippen LogP contribution in [0.2, 0.25) is 0 Å². The zero-order valence-electron chi connectivity index (χ0n) is 15.2. The molecule has 0 saturated carbocycles. The molecule has 1 aliphatic rings. The lowest BCUT2D eigenvalue weighted by atomic mass is 10.0. The Labute approximate surface area is 162 Å². The zero-order chi connectivity index (χ0) is 19.7. The van der Waals surface area contributed by atoms with Crippen LogP contribution < -0.4 is 10.2 Å². The first-order chi connectivity index (χ1) is 12.8. The maximum atomic E-state index is 12.8. The summed E-state index contributed by atoms with van der Waals surface area (Å²) in [6, 6.07) is 12.5. The number of carbonyl (C=O) groups is 1. The number of carbonyl (C=O) groups excluding carboxylic acids is 1. The number of nitro benzene ring substituents is 1. The summed E-state index contributed by atoms with van der Waals surface area (Å²) >= 11 is 5.31. The normalized spacial score (nSPS) is 15.6. The molecule has 0 radical (unpaired) electrons. The van der Waals surface area contributed by atoms with Crippen molar-refractivity contribution in [3.63, 3.8) is 0 Å². The first kappa shape index (κ1) is 18.7. The molecule has 27 heavy (non-hydrogen) atoms. The van der Waals surface area contributed by atoms with E-state index in [9.17, 15) is 14.9 Å². The Morgan fingerprint density at radius 1 is 1.19 bits per heavy atom. The average molecular weight is 381 g/mol. The number of nitrogens with zero attached hydrogens (tertiary/aromatic N) is 2. The molecule has 138 valence electrons. The number of hydrogen-bond acceptors (Lipinski definition) is 4. The van der Waals surface area contributed by atoms with Gasteiger partial charge in [0.1, 0.15) is 5.70 Å². The third-order valence-electron chi connectivity index (χ3n) is 4.44. The summed E-state index contributed by atoms with van der Waals surface area (Å²) in [6.45, 7) is 5.87. The first-order valence-corrected chi connectivity index (χ1v) is 8.91. The van der Waals surface area contributed by atoms with E-state index in [0.29, 0.717) is 22.7 Å². The van der Waals surface area contributed by atoms with Gasteiger partial charge in [0.05, 0.1) is 10.6 Å². The van der Waals surface area contributed by atoms with E-state index in [1.165, 1.54) is 16.5 Å². The number of amides is 1. The van der Waals surface area contributed by atoms with E-state index in [-0.39, 0.29) is 22.4 Å². The van der Waals surface area contributed by atoms with E-state index in [1.54, 1.807) is 25.1 Å². The average Bonchev–Trinajstić information content (AvgIpc) is 2.90. The molecule has 0 spiro atoms. The lowest BCUT2D eigenvalue weighted by Crippen LogP contribution is -2.30. The summed E-state index contributed by atoms with van der Waals surface area (Å²) in [5, 5.41) is 14.3. The van der Waals surface area contributed by atoms with Crippen LogP contribution >= 0.6 is 12.2 Å². The van der Waals surface area contributed by atoms with E-state index < -0.39 is 4.92 Å². The molecular weight excluding hydrogens is 362 g/mol. The second-order valence-corrected chi connectivity index (χ2v) is 7.06. The standard InChI is InChI=1S/C20H19N3O3S/c1-12(2)15-6-8-16(9-7-15)22-19(24)17(21-20(22)27)10-14-5-4-13(3)18(11-14)23(25)26/h4-12H,1-3H3,(H,21,27)/b17-10+. The van der Waals surface area contributed by atoms with Crippen LogP contribution in [0.25, 0.3) is 6.08 Å². The molecule has 0 unspecified atom stereocenters. The number of nitrogens with one attached hydrogen (secondary N) is 1. The van der Waals surface area contributed by atoms with Gasteiger partial charge in [-0.3, -0.25) is 19.8 Å². The van der Waals surface area contributed by atoms with Crippen LogP contribution in [-0.2, 0) is 4.79 Å². The fourth-order valence-corrected chi connectivity index (χ4v) is 3.16. The lowest BCUT2D eigenvalue weighted by Gasteiger charge is -2.15. The predicted octanol–water partition coefficient (Wildman–Crippen LogP) is 4.29. The molecule has 1 aliphatic heterocycles. The molecule has 1 saturated heterocycles. The second-order valence-electron chi connectivity index (χ2n) is 6.68. The Balaban J connectivity index is 1.91. The van der Waals surface area contributed by atoms with Gasteiger partial charge < -0.3 is 5.32 Å². The van der Waals surface area contributed by atoms with Crippen LogP contribution in [0.1, 0.15) is 36.5 Å². The van der Waals surface area contributed by atoms with Gasteiger partial charge in [0.15, 0.2) is 5.11 Å². The largest absolute Gasteiger partial charge is 0.327 e. The molecule has 3 rings (SSSR count). The molecule has 7 heteroatoms. The Hall–Kier alpha value is -3.06. The molecule has 1 fully saturated rings. The zero-order valence-corrected chi connectivity index (χ0v) is 16.0. The van der Waals surface area contributed by atoms with Crippen LogP contribution in [0.15, 0.2) is 48.2 Å². The quantitative estimate of drug-likeness (QED) is 0.370. The van der Waals surface area contributed by atoms with Crippen molar-refractivity contribution >= 4 is 40.7 Å². The van der Waals surface area contributed by atoms with E-state index >= 15 is 0 Å². The molecule has 0 aromatic heterocycles. The highest BCUT2D eigenvalue weighted by Crippen LogP contribution is 2.26. The Bertz CT molecular complexity index is 965. The van der Waals surface area contributed by atoms with Crippen LogP contribution in [-0.4, -0.2) is 15.9 Å². The molecule has 6 nitrogen and oxygen atoms in total. The van der Waals surface area contributed by atoms with Crippen molar-refractivity contribution in [1.29, 1.82) is 0 Å². The van der Waals surface area contributed by atoms with Crippen molar-refractivity contribution in [2.24, 2.45) is 0 Å². The van der Waals surface area contributed by atoms with Crippen molar-refractivity contribution in [2.75, 3.05) is 4.90 Å². The van der Waals surface area contributed by atoms with E-state index in [4.69, 9.17) is 12.2 Å². The highest BCUT2D eigenvalue weighted by molar-refractivity contribution is 7.80. The molecule has 0 bridgehead atoms. The van der Waals surface area contributed by atoms with Crippen molar-refractivity contribution in [2.45, 2.75) is 26.7 Å². The van der Waals surface area contributed by atoms with Crippen LogP contribution in [0, 0.1) is 17.0 Å². The van der Waals surface area contributed by atoms with Crippen molar-refractivity contribution in [3.05, 3.63) is 75.0 Å². The number of aryl methyl sites for hydroxylation is 1. The third kappa shape index (κ3) is 3.73. The summed E-state index contributed by atoms with van der Waals surface area (Å²) in [5.74, 6) is 0.103. The van der Waals surface area contributed by atoms with E-state index in [2.05, 4.69) is 19.2 Å². The van der Waals surface area contributed by atoms with Gasteiger partial charge in [0, 0.05) is 11.6 Å². The number of anilines is 1. The van der Waals surface area contributed by atoms with E-state index in [1.807, 2.05) is 24.3 Å². The molecule has 0 aliphatic carbocycles. The van der Waals surface area contributed by atoms with Crippen molar-refractivity contribution in [1.82, 2.24) is 5.32 Å². The number of benzene rings is 2. The first-order valence-electron chi connectivity index (χ1n) is 8.50. The van der Waals surface area contributed by atoms with Crippen LogP contribution in [0.4, 0.5) is 11.4 Å². The number of thiocarbonyl (C=S) groups is 1. The number of nitro groups is 1. The number of rotatable bonds is 4. The van der Waals surface area contributed by atoms with Crippen LogP contribution in [0.5, 0.6) is 0 Å². The minimum absolute atomic E-state index is 0.0125. The van der Waals surface area contributed by atoms with Gasteiger partial charge in [0.25, 0.3) is 11.6 Å². The van der Waals surface area contributed by atoms with Gasteiger partial charge >= 0.3 is 0 Å². The monoisotopic (exact) mass is 381 g/mol. The highest BCUT2D eigenvalue weighted by Gasteiger charge is 2.32.